The zero-order chi connectivity index (χ0) is 21.6. The number of rotatable bonds is 4. The third-order valence-electron chi connectivity index (χ3n) is 6.28. The highest BCUT2D eigenvalue weighted by Crippen LogP contribution is 2.57. The van der Waals surface area contributed by atoms with Gasteiger partial charge < -0.3 is 9.84 Å². The molecule has 3 atom stereocenters. The van der Waals surface area contributed by atoms with Crippen LogP contribution >= 0.6 is 15.9 Å². The van der Waals surface area contributed by atoms with Gasteiger partial charge >= 0.3 is 0 Å². The average Bonchev–Trinajstić information content (AvgIpc) is 2.95. The van der Waals surface area contributed by atoms with Crippen LogP contribution in [0.25, 0.3) is 0 Å². The number of anilines is 1. The number of para-hydroxylation sites is 1. The lowest BCUT2D eigenvalue weighted by Crippen LogP contribution is -2.41. The number of ether oxygens (including phenoxy) is 1. The summed E-state index contributed by atoms with van der Waals surface area (Å²) < 4.78 is 5.78. The van der Waals surface area contributed by atoms with Crippen LogP contribution in [-0.4, -0.2) is 24.0 Å². The number of allylic oxidation sites excluding steroid dienone is 3. The molecule has 154 valence electrons. The van der Waals surface area contributed by atoms with Crippen LogP contribution in [0, 0.1) is 11.3 Å². The maximum absolute atomic E-state index is 13.8. The number of hydrogen-bond acceptors (Lipinski definition) is 4. The van der Waals surface area contributed by atoms with Crippen molar-refractivity contribution in [3.8, 4) is 11.5 Å². The van der Waals surface area contributed by atoms with Crippen LogP contribution in [0.5, 0.6) is 11.5 Å². The van der Waals surface area contributed by atoms with Crippen molar-refractivity contribution in [2.45, 2.75) is 19.3 Å². The van der Waals surface area contributed by atoms with Crippen LogP contribution < -0.4 is 9.64 Å². The van der Waals surface area contributed by atoms with Gasteiger partial charge in [-0.2, -0.15) is 0 Å². The van der Waals surface area contributed by atoms with Gasteiger partial charge in [0, 0.05) is 5.92 Å². The zero-order valence-electron chi connectivity index (χ0n) is 16.8. The van der Waals surface area contributed by atoms with Gasteiger partial charge in [0.05, 0.1) is 28.6 Å². The molecule has 4 rings (SSSR count). The quantitative estimate of drug-likeness (QED) is 0.645. The van der Waals surface area contributed by atoms with Crippen LogP contribution in [0.1, 0.15) is 24.8 Å². The highest BCUT2D eigenvalue weighted by Gasteiger charge is 2.62. The second kappa shape index (κ2) is 7.43. The van der Waals surface area contributed by atoms with Crippen molar-refractivity contribution in [1.29, 1.82) is 0 Å². The number of benzene rings is 2. The third-order valence-corrected chi connectivity index (χ3v) is 6.89. The van der Waals surface area contributed by atoms with Crippen LogP contribution in [0.4, 0.5) is 5.69 Å². The Hall–Kier alpha value is -2.86. The molecule has 0 aromatic heterocycles. The zero-order valence-corrected chi connectivity index (χ0v) is 18.3. The van der Waals surface area contributed by atoms with Gasteiger partial charge in [-0.3, -0.25) is 9.59 Å². The second-order valence-corrected chi connectivity index (χ2v) is 8.63. The lowest BCUT2D eigenvalue weighted by molar-refractivity contribution is -0.127. The van der Waals surface area contributed by atoms with E-state index in [0.29, 0.717) is 22.3 Å². The summed E-state index contributed by atoms with van der Waals surface area (Å²) >= 11 is 3.37. The van der Waals surface area contributed by atoms with Gasteiger partial charge in [0.1, 0.15) is 0 Å². The molecule has 3 unspecified atom stereocenters. The summed E-state index contributed by atoms with van der Waals surface area (Å²) in [6, 6.07) is 12.5. The van der Waals surface area contributed by atoms with Gasteiger partial charge in [-0.1, -0.05) is 36.9 Å². The monoisotopic (exact) mass is 467 g/mol. The smallest absolute Gasteiger partial charge is 0.241 e. The minimum Gasteiger partial charge on any atom is -0.503 e. The minimum absolute atomic E-state index is 0.0115. The number of phenols is 1. The molecule has 1 fully saturated rings. The Morgan fingerprint density at radius 1 is 1.27 bits per heavy atom. The van der Waals surface area contributed by atoms with Crippen LogP contribution in [0.3, 0.4) is 0 Å². The van der Waals surface area contributed by atoms with Crippen molar-refractivity contribution >= 4 is 33.4 Å². The molecule has 2 aliphatic rings. The van der Waals surface area contributed by atoms with Crippen molar-refractivity contribution in [3.05, 3.63) is 76.8 Å². The SMILES string of the molecule is C=CC1=CCC2C(=O)N(c3ccccc3)C(=O)C2(C)C1c1cc(Br)c(O)c(OC)c1. The molecule has 0 spiro atoms. The van der Waals surface area contributed by atoms with Gasteiger partial charge in [0.2, 0.25) is 11.8 Å². The van der Waals surface area contributed by atoms with E-state index in [1.807, 2.05) is 31.2 Å². The van der Waals surface area contributed by atoms with E-state index in [4.69, 9.17) is 4.74 Å². The Bertz CT molecular complexity index is 1080. The maximum Gasteiger partial charge on any atom is 0.241 e. The third kappa shape index (κ3) is 2.82. The van der Waals surface area contributed by atoms with Crippen LogP contribution in [0.15, 0.2) is 71.2 Å². The summed E-state index contributed by atoms with van der Waals surface area (Å²) in [5, 5.41) is 10.2. The van der Waals surface area contributed by atoms with Crippen LogP contribution in [0.2, 0.25) is 0 Å². The molecule has 2 amide bonds. The molecule has 2 aromatic rings. The first-order chi connectivity index (χ1) is 14.3. The largest absolute Gasteiger partial charge is 0.503 e. The van der Waals surface area contributed by atoms with Crippen LogP contribution in [-0.2, 0) is 9.59 Å². The van der Waals surface area contributed by atoms with Crippen molar-refractivity contribution in [2.75, 3.05) is 12.0 Å². The van der Waals surface area contributed by atoms with Crippen molar-refractivity contribution < 1.29 is 19.4 Å². The molecule has 1 saturated heterocycles. The summed E-state index contributed by atoms with van der Waals surface area (Å²) in [4.78, 5) is 28.4. The lowest BCUT2D eigenvalue weighted by Gasteiger charge is -2.40. The summed E-state index contributed by atoms with van der Waals surface area (Å²) in [6.07, 6.45) is 4.19. The van der Waals surface area contributed by atoms with Gasteiger partial charge in [0.25, 0.3) is 0 Å². The molecule has 0 saturated carbocycles. The Morgan fingerprint density at radius 2 is 1.97 bits per heavy atom. The Labute approximate surface area is 183 Å². The molecule has 1 aliphatic carbocycles. The van der Waals surface area contributed by atoms with E-state index in [1.54, 1.807) is 30.3 Å². The number of phenolic OH excluding ortho intramolecular Hbond substituents is 1. The predicted octanol–water partition coefficient (Wildman–Crippen LogP) is 4.96. The summed E-state index contributed by atoms with van der Waals surface area (Å²) in [5.74, 6) is -1.04. The fourth-order valence-electron chi connectivity index (χ4n) is 4.77. The molecule has 5 nitrogen and oxygen atoms in total. The van der Waals surface area contributed by atoms with E-state index in [1.165, 1.54) is 12.0 Å². The van der Waals surface area contributed by atoms with E-state index in [0.717, 1.165) is 11.1 Å². The Balaban J connectivity index is 1.90. The first kappa shape index (κ1) is 20.4. The number of imide groups is 1. The Kier molecular flexibility index (Phi) is 5.06. The first-order valence-electron chi connectivity index (χ1n) is 9.66. The highest BCUT2D eigenvalue weighted by atomic mass is 79.9. The minimum atomic E-state index is -0.993. The standard InChI is InChI=1S/C24H22BrNO4/c1-4-14-10-11-17-22(28)26(16-8-6-5-7-9-16)23(29)24(17,2)20(14)15-12-18(25)21(27)19(13-15)30-3/h4-10,12-13,17,20,27H,1,11H2,2-3H3. The molecule has 6 heteroatoms. The number of amides is 2. The van der Waals surface area contributed by atoms with Crippen molar-refractivity contribution in [3.63, 3.8) is 0 Å². The fourth-order valence-corrected chi connectivity index (χ4v) is 5.23. The molecular formula is C24H22BrNO4. The number of carbonyl (C=O) groups is 2. The second-order valence-electron chi connectivity index (χ2n) is 7.78. The van der Waals surface area contributed by atoms with E-state index in [9.17, 15) is 14.7 Å². The fraction of sp³-hybridized carbons (Fsp3) is 0.250. The van der Waals surface area contributed by atoms with E-state index >= 15 is 0 Å². The molecule has 0 bridgehead atoms. The molecule has 1 heterocycles. The van der Waals surface area contributed by atoms with E-state index < -0.39 is 17.3 Å². The molecule has 1 aliphatic heterocycles. The number of hydrogen-bond donors (Lipinski definition) is 1. The molecular weight excluding hydrogens is 446 g/mol. The number of methoxy groups -OCH3 is 1. The number of halogens is 1. The number of aromatic hydroxyl groups is 1. The summed E-state index contributed by atoms with van der Waals surface area (Å²) in [7, 11) is 1.47. The lowest BCUT2D eigenvalue weighted by atomic mass is 9.60. The van der Waals surface area contributed by atoms with Crippen molar-refractivity contribution in [2.24, 2.45) is 11.3 Å². The number of nitrogens with zero attached hydrogens (tertiary/aromatic N) is 1. The Morgan fingerprint density at radius 3 is 2.60 bits per heavy atom. The number of carbonyl (C=O) groups excluding carboxylic acids is 2. The highest BCUT2D eigenvalue weighted by molar-refractivity contribution is 9.10. The number of fused-ring (bicyclic) bond motifs is 1. The molecule has 1 N–H and O–H groups in total. The van der Waals surface area contributed by atoms with Crippen molar-refractivity contribution in [1.82, 2.24) is 0 Å². The predicted molar refractivity (Wildman–Crippen MR) is 119 cm³/mol. The average molecular weight is 468 g/mol. The molecule has 30 heavy (non-hydrogen) atoms. The van der Waals surface area contributed by atoms with Gasteiger partial charge in [-0.25, -0.2) is 4.90 Å². The summed E-state index contributed by atoms with van der Waals surface area (Å²) in [6.45, 7) is 5.80. The molecule has 0 radical (unpaired) electrons. The first-order valence-corrected chi connectivity index (χ1v) is 10.5. The molecule has 2 aromatic carbocycles. The normalized spacial score (nSPS) is 25.7. The maximum atomic E-state index is 13.8. The summed E-state index contributed by atoms with van der Waals surface area (Å²) in [5.41, 5.74) is 1.23. The van der Waals surface area contributed by atoms with Gasteiger partial charge in [-0.15, -0.1) is 0 Å². The van der Waals surface area contributed by atoms with Gasteiger partial charge in [0.15, 0.2) is 11.5 Å². The topological polar surface area (TPSA) is 66.8 Å². The van der Waals surface area contributed by atoms with E-state index in [2.05, 4.69) is 22.5 Å². The van der Waals surface area contributed by atoms with Gasteiger partial charge in [-0.05, 0) is 64.7 Å². The van der Waals surface area contributed by atoms with E-state index in [-0.39, 0.29) is 17.6 Å².